The number of carbonyl (C=O) groups excluding carboxylic acids is 2. The molecule has 0 aliphatic carbocycles. The van der Waals surface area contributed by atoms with Crippen LogP contribution in [0.25, 0.3) is 11.4 Å². The first kappa shape index (κ1) is 22.0. The first-order chi connectivity index (χ1) is 16.1. The Morgan fingerprint density at radius 1 is 0.818 bits per heavy atom. The molecule has 2 aromatic carbocycles. The van der Waals surface area contributed by atoms with Gasteiger partial charge in [-0.15, -0.1) is 0 Å². The summed E-state index contributed by atoms with van der Waals surface area (Å²) in [7, 11) is 0. The van der Waals surface area contributed by atoms with E-state index in [4.69, 9.17) is 0 Å². The van der Waals surface area contributed by atoms with E-state index < -0.39 is 0 Å². The van der Waals surface area contributed by atoms with E-state index in [0.717, 1.165) is 24.2 Å². The van der Waals surface area contributed by atoms with Crippen molar-refractivity contribution in [2.75, 3.05) is 6.54 Å². The number of amides is 2. The van der Waals surface area contributed by atoms with Gasteiger partial charge in [0.05, 0.1) is 11.4 Å². The fraction of sp³-hybridized carbons (Fsp3) is 0.200. The quantitative estimate of drug-likeness (QED) is 0.416. The molecule has 0 bridgehead atoms. The standard InChI is InChI=1S/C25H26N6O2/c1-2-5-21(29-25(33)20-8-12-23(13-9-20)31-17-4-15-28-31)18-26-24(32)19-6-10-22(11-7-19)30-16-3-14-27-30/h3-4,6-17,21H,2,5,18H2,1H3,(H,26,32)(H,29,33). The van der Waals surface area contributed by atoms with E-state index in [1.807, 2.05) is 55.7 Å². The number of benzene rings is 2. The second-order valence-corrected chi connectivity index (χ2v) is 7.66. The maximum atomic E-state index is 12.7. The molecule has 2 N–H and O–H groups in total. The summed E-state index contributed by atoms with van der Waals surface area (Å²) in [5.74, 6) is -0.348. The molecule has 0 saturated heterocycles. The van der Waals surface area contributed by atoms with Crippen LogP contribution in [0.5, 0.6) is 0 Å². The van der Waals surface area contributed by atoms with E-state index in [1.54, 1.807) is 46.0 Å². The van der Waals surface area contributed by atoms with Crippen LogP contribution in [0.15, 0.2) is 85.5 Å². The normalized spacial score (nSPS) is 11.7. The molecule has 0 saturated carbocycles. The predicted octanol–water partition coefficient (Wildman–Crippen LogP) is 3.39. The third-order valence-corrected chi connectivity index (χ3v) is 5.28. The van der Waals surface area contributed by atoms with Gasteiger partial charge in [-0.25, -0.2) is 9.36 Å². The molecule has 168 valence electrons. The summed E-state index contributed by atoms with van der Waals surface area (Å²) in [6.07, 6.45) is 8.75. The molecule has 8 heteroatoms. The number of rotatable bonds is 9. The molecular weight excluding hydrogens is 416 g/mol. The van der Waals surface area contributed by atoms with Crippen molar-refractivity contribution < 1.29 is 9.59 Å². The lowest BCUT2D eigenvalue weighted by atomic mass is 10.1. The average molecular weight is 443 g/mol. The SMILES string of the molecule is CCCC(CNC(=O)c1ccc(-n2cccn2)cc1)NC(=O)c1ccc(-n2cccn2)cc1. The Bertz CT molecular complexity index is 1170. The Balaban J connectivity index is 1.33. The van der Waals surface area contributed by atoms with Crippen molar-refractivity contribution in [2.45, 2.75) is 25.8 Å². The third-order valence-electron chi connectivity index (χ3n) is 5.28. The second-order valence-electron chi connectivity index (χ2n) is 7.66. The highest BCUT2D eigenvalue weighted by atomic mass is 16.2. The van der Waals surface area contributed by atoms with Crippen LogP contribution >= 0.6 is 0 Å². The van der Waals surface area contributed by atoms with Crippen LogP contribution in [0.4, 0.5) is 0 Å². The summed E-state index contributed by atoms with van der Waals surface area (Å²) >= 11 is 0. The molecule has 0 aliphatic rings. The second kappa shape index (κ2) is 10.4. The van der Waals surface area contributed by atoms with Crippen LogP contribution in [0.3, 0.4) is 0 Å². The van der Waals surface area contributed by atoms with Crippen LogP contribution in [-0.2, 0) is 0 Å². The Morgan fingerprint density at radius 2 is 1.33 bits per heavy atom. The van der Waals surface area contributed by atoms with Gasteiger partial charge < -0.3 is 10.6 Å². The molecule has 2 aromatic heterocycles. The smallest absolute Gasteiger partial charge is 0.251 e. The molecule has 33 heavy (non-hydrogen) atoms. The van der Waals surface area contributed by atoms with E-state index in [9.17, 15) is 9.59 Å². The number of hydrogen-bond acceptors (Lipinski definition) is 4. The Kier molecular flexibility index (Phi) is 6.94. The molecular formula is C25H26N6O2. The fourth-order valence-electron chi connectivity index (χ4n) is 3.53. The number of aromatic nitrogens is 4. The zero-order valence-corrected chi connectivity index (χ0v) is 18.4. The summed E-state index contributed by atoms with van der Waals surface area (Å²) in [6.45, 7) is 2.40. The number of carbonyl (C=O) groups is 2. The molecule has 1 atom stereocenters. The third kappa shape index (κ3) is 5.54. The highest BCUT2D eigenvalue weighted by Gasteiger charge is 2.15. The number of nitrogens with zero attached hydrogens (tertiary/aromatic N) is 4. The first-order valence-electron chi connectivity index (χ1n) is 10.9. The van der Waals surface area contributed by atoms with Crippen LogP contribution < -0.4 is 10.6 Å². The van der Waals surface area contributed by atoms with Crippen molar-refractivity contribution >= 4 is 11.8 Å². The molecule has 2 amide bonds. The van der Waals surface area contributed by atoms with Crippen LogP contribution in [-0.4, -0.2) is 44.0 Å². The summed E-state index contributed by atoms with van der Waals surface area (Å²) < 4.78 is 3.47. The maximum absolute atomic E-state index is 12.7. The van der Waals surface area contributed by atoms with Gasteiger partial charge in [-0.05, 0) is 67.1 Å². The van der Waals surface area contributed by atoms with Gasteiger partial charge in [0.2, 0.25) is 0 Å². The summed E-state index contributed by atoms with van der Waals surface area (Å²) in [5, 5.41) is 14.3. The largest absolute Gasteiger partial charge is 0.350 e. The monoisotopic (exact) mass is 442 g/mol. The van der Waals surface area contributed by atoms with E-state index in [0.29, 0.717) is 17.7 Å². The Morgan fingerprint density at radius 3 is 1.79 bits per heavy atom. The van der Waals surface area contributed by atoms with Crippen molar-refractivity contribution in [3.8, 4) is 11.4 Å². The molecule has 0 radical (unpaired) electrons. The van der Waals surface area contributed by atoms with E-state index in [-0.39, 0.29) is 17.9 Å². The maximum Gasteiger partial charge on any atom is 0.251 e. The fourth-order valence-corrected chi connectivity index (χ4v) is 3.53. The number of nitrogens with one attached hydrogen (secondary N) is 2. The topological polar surface area (TPSA) is 93.8 Å². The molecule has 4 aromatic rings. The van der Waals surface area contributed by atoms with Crippen molar-refractivity contribution in [1.82, 2.24) is 30.2 Å². The average Bonchev–Trinajstić information content (AvgIpc) is 3.57. The molecule has 4 rings (SSSR count). The lowest BCUT2D eigenvalue weighted by molar-refractivity contribution is 0.0906. The van der Waals surface area contributed by atoms with Crippen molar-refractivity contribution in [3.63, 3.8) is 0 Å². The van der Waals surface area contributed by atoms with Crippen LogP contribution in [0.2, 0.25) is 0 Å². The van der Waals surface area contributed by atoms with E-state index in [1.165, 1.54) is 0 Å². The molecule has 8 nitrogen and oxygen atoms in total. The molecule has 0 spiro atoms. The minimum Gasteiger partial charge on any atom is -0.350 e. The van der Waals surface area contributed by atoms with Gasteiger partial charge in [0.15, 0.2) is 0 Å². The van der Waals surface area contributed by atoms with Gasteiger partial charge in [-0.2, -0.15) is 10.2 Å². The van der Waals surface area contributed by atoms with Gasteiger partial charge in [0.25, 0.3) is 11.8 Å². The van der Waals surface area contributed by atoms with Crippen molar-refractivity contribution in [1.29, 1.82) is 0 Å². The van der Waals surface area contributed by atoms with E-state index >= 15 is 0 Å². The lowest BCUT2D eigenvalue weighted by Gasteiger charge is -2.19. The van der Waals surface area contributed by atoms with Gasteiger partial charge in [0.1, 0.15) is 0 Å². The van der Waals surface area contributed by atoms with E-state index in [2.05, 4.69) is 20.8 Å². The first-order valence-corrected chi connectivity index (χ1v) is 10.9. The van der Waals surface area contributed by atoms with Gasteiger partial charge in [-0.1, -0.05) is 13.3 Å². The highest BCUT2D eigenvalue weighted by Crippen LogP contribution is 2.11. The predicted molar refractivity (Wildman–Crippen MR) is 126 cm³/mol. The van der Waals surface area contributed by atoms with Gasteiger partial charge in [0, 0.05) is 48.5 Å². The van der Waals surface area contributed by atoms with Crippen molar-refractivity contribution in [2.24, 2.45) is 0 Å². The summed E-state index contributed by atoms with van der Waals surface area (Å²) in [5.41, 5.74) is 2.88. The molecule has 1 unspecified atom stereocenters. The van der Waals surface area contributed by atoms with Crippen molar-refractivity contribution in [3.05, 3.63) is 96.6 Å². The zero-order valence-electron chi connectivity index (χ0n) is 18.4. The van der Waals surface area contributed by atoms with Crippen LogP contribution in [0.1, 0.15) is 40.5 Å². The molecule has 2 heterocycles. The Hall–Kier alpha value is -4.20. The zero-order chi connectivity index (χ0) is 23.0. The Labute approximate surface area is 192 Å². The van der Waals surface area contributed by atoms with Gasteiger partial charge >= 0.3 is 0 Å². The minimum atomic E-state index is -0.180. The number of hydrogen-bond donors (Lipinski definition) is 2. The lowest BCUT2D eigenvalue weighted by Crippen LogP contribution is -2.43. The van der Waals surface area contributed by atoms with Crippen LogP contribution in [0, 0.1) is 0 Å². The van der Waals surface area contributed by atoms with Gasteiger partial charge in [-0.3, -0.25) is 9.59 Å². The molecule has 0 fully saturated rings. The minimum absolute atomic E-state index is 0.166. The highest BCUT2D eigenvalue weighted by molar-refractivity contribution is 5.95. The molecule has 0 aliphatic heterocycles. The summed E-state index contributed by atoms with van der Waals surface area (Å²) in [6, 6.07) is 18.0. The summed E-state index contributed by atoms with van der Waals surface area (Å²) in [4.78, 5) is 25.3.